The van der Waals surface area contributed by atoms with Gasteiger partial charge in [0.05, 0.1) is 0 Å². The Hall–Kier alpha value is -2.47. The van der Waals surface area contributed by atoms with Crippen LogP contribution >= 0.6 is 0 Å². The minimum Gasteiger partial charge on any atom is -0.364 e. The van der Waals surface area contributed by atoms with Crippen LogP contribution in [-0.4, -0.2) is 22.6 Å². The highest BCUT2D eigenvalue weighted by Crippen LogP contribution is 2.16. The van der Waals surface area contributed by atoms with E-state index in [2.05, 4.69) is 21.2 Å². The van der Waals surface area contributed by atoms with Gasteiger partial charge in [-0.15, -0.1) is 10.2 Å². The summed E-state index contributed by atoms with van der Waals surface area (Å²) in [6.07, 6.45) is 0. The molecular formula is C15H19N5O. The molecule has 0 bridgehead atoms. The number of carbonyl (C=O) groups is 1. The summed E-state index contributed by atoms with van der Waals surface area (Å²) >= 11 is 0. The molecule has 0 aliphatic rings. The first kappa shape index (κ1) is 14.9. The fraction of sp³-hybridized carbons (Fsp3) is 0.267. The lowest BCUT2D eigenvalue weighted by molar-refractivity contribution is 0.0994. The van der Waals surface area contributed by atoms with Crippen molar-refractivity contribution in [1.82, 2.24) is 10.2 Å². The molecule has 0 saturated heterocycles. The molecule has 4 N–H and O–H groups in total. The van der Waals surface area contributed by atoms with Crippen LogP contribution < -0.4 is 16.4 Å². The van der Waals surface area contributed by atoms with Crippen molar-refractivity contribution in [3.63, 3.8) is 0 Å². The second-order valence-corrected chi connectivity index (χ2v) is 4.63. The number of primary amides is 1. The second kappa shape index (κ2) is 6.81. The number of hydrogen-bond donors (Lipinski definition) is 2. The Morgan fingerprint density at radius 3 is 2.38 bits per heavy atom. The molecule has 6 nitrogen and oxygen atoms in total. The highest BCUT2D eigenvalue weighted by atomic mass is 16.1. The van der Waals surface area contributed by atoms with Gasteiger partial charge >= 0.3 is 0 Å². The summed E-state index contributed by atoms with van der Waals surface area (Å²) in [6, 6.07) is 11.4. The zero-order chi connectivity index (χ0) is 15.2. The maximum absolute atomic E-state index is 11.0. The van der Waals surface area contributed by atoms with Crippen LogP contribution in [-0.2, 0) is 13.1 Å². The monoisotopic (exact) mass is 285 g/mol. The van der Waals surface area contributed by atoms with Crippen molar-refractivity contribution in [3.8, 4) is 0 Å². The molecule has 0 atom stereocenters. The molecule has 1 aromatic carbocycles. The molecule has 6 heteroatoms. The number of anilines is 1. The molecular weight excluding hydrogens is 266 g/mol. The highest BCUT2D eigenvalue weighted by Gasteiger charge is 2.11. The molecule has 2 rings (SSSR count). The first-order chi connectivity index (χ1) is 10.2. The highest BCUT2D eigenvalue weighted by molar-refractivity contribution is 5.90. The topological polar surface area (TPSA) is 98.1 Å². The zero-order valence-electron chi connectivity index (χ0n) is 12.0. The van der Waals surface area contributed by atoms with Gasteiger partial charge in [-0.25, -0.2) is 0 Å². The summed E-state index contributed by atoms with van der Waals surface area (Å²) in [5.41, 5.74) is 13.4. The Kier molecular flexibility index (Phi) is 4.84. The number of benzene rings is 1. The molecule has 110 valence electrons. The van der Waals surface area contributed by atoms with Crippen LogP contribution in [0.4, 0.5) is 5.82 Å². The van der Waals surface area contributed by atoms with Gasteiger partial charge in [-0.3, -0.25) is 4.79 Å². The number of rotatable bonds is 6. The lowest BCUT2D eigenvalue weighted by atomic mass is 10.1. The van der Waals surface area contributed by atoms with Crippen LogP contribution in [0.25, 0.3) is 0 Å². The van der Waals surface area contributed by atoms with E-state index in [1.807, 2.05) is 25.1 Å². The average molecular weight is 285 g/mol. The minimum absolute atomic E-state index is 0.164. The Morgan fingerprint density at radius 1 is 1.14 bits per heavy atom. The van der Waals surface area contributed by atoms with Crippen molar-refractivity contribution in [2.24, 2.45) is 11.5 Å². The van der Waals surface area contributed by atoms with Crippen LogP contribution in [0.15, 0.2) is 36.4 Å². The zero-order valence-corrected chi connectivity index (χ0v) is 12.0. The molecule has 1 aromatic heterocycles. The number of aromatic nitrogens is 2. The largest absolute Gasteiger partial charge is 0.364 e. The van der Waals surface area contributed by atoms with Gasteiger partial charge in [0.1, 0.15) is 0 Å². The van der Waals surface area contributed by atoms with Gasteiger partial charge in [0.2, 0.25) is 0 Å². The predicted molar refractivity (Wildman–Crippen MR) is 81.6 cm³/mol. The molecule has 0 fully saturated rings. The van der Waals surface area contributed by atoms with Crippen LogP contribution in [0, 0.1) is 0 Å². The first-order valence-electron chi connectivity index (χ1n) is 6.81. The molecule has 21 heavy (non-hydrogen) atoms. The number of hydrogen-bond acceptors (Lipinski definition) is 5. The van der Waals surface area contributed by atoms with E-state index in [1.54, 1.807) is 12.1 Å². The lowest BCUT2D eigenvalue weighted by Gasteiger charge is -2.22. The number of nitrogens with two attached hydrogens (primary N) is 2. The van der Waals surface area contributed by atoms with Crippen molar-refractivity contribution < 1.29 is 4.79 Å². The fourth-order valence-electron chi connectivity index (χ4n) is 2.10. The number of amides is 1. The van der Waals surface area contributed by atoms with Crippen LogP contribution in [0.1, 0.15) is 28.5 Å². The molecule has 0 saturated carbocycles. The fourth-order valence-corrected chi connectivity index (χ4v) is 2.10. The summed E-state index contributed by atoms with van der Waals surface area (Å²) in [5.74, 6) is 0.125. The minimum atomic E-state index is -0.578. The van der Waals surface area contributed by atoms with Crippen molar-refractivity contribution >= 4 is 11.7 Å². The van der Waals surface area contributed by atoms with E-state index in [4.69, 9.17) is 11.5 Å². The van der Waals surface area contributed by atoms with Gasteiger partial charge in [-0.2, -0.15) is 0 Å². The predicted octanol–water partition coefficient (Wildman–Crippen LogP) is 1.06. The third kappa shape index (κ3) is 3.55. The average Bonchev–Trinajstić information content (AvgIpc) is 2.53. The number of carbonyl (C=O) groups excluding carboxylic acids is 1. The molecule has 0 radical (unpaired) electrons. The van der Waals surface area contributed by atoms with Crippen LogP contribution in [0.5, 0.6) is 0 Å². The van der Waals surface area contributed by atoms with E-state index in [9.17, 15) is 4.79 Å². The van der Waals surface area contributed by atoms with E-state index in [0.29, 0.717) is 18.9 Å². The standard InChI is InChI=1S/C15H19N5O/c1-2-20(10-12-6-4-3-5-11(12)9-16)14-8-7-13(15(17)21)18-19-14/h3-8H,2,9-10,16H2,1H3,(H2,17,21). The van der Waals surface area contributed by atoms with E-state index >= 15 is 0 Å². The van der Waals surface area contributed by atoms with Gasteiger partial charge < -0.3 is 16.4 Å². The summed E-state index contributed by atoms with van der Waals surface area (Å²) in [6.45, 7) is 3.99. The Morgan fingerprint density at radius 2 is 1.86 bits per heavy atom. The first-order valence-corrected chi connectivity index (χ1v) is 6.81. The van der Waals surface area contributed by atoms with Crippen molar-refractivity contribution in [1.29, 1.82) is 0 Å². The van der Waals surface area contributed by atoms with E-state index in [-0.39, 0.29) is 5.69 Å². The van der Waals surface area contributed by atoms with E-state index < -0.39 is 5.91 Å². The maximum Gasteiger partial charge on any atom is 0.269 e. The molecule has 0 unspecified atom stereocenters. The van der Waals surface area contributed by atoms with Gasteiger partial charge in [-0.05, 0) is 30.2 Å². The maximum atomic E-state index is 11.0. The summed E-state index contributed by atoms with van der Waals surface area (Å²) in [7, 11) is 0. The van der Waals surface area contributed by atoms with Crippen LogP contribution in [0.3, 0.4) is 0 Å². The lowest BCUT2D eigenvalue weighted by Crippen LogP contribution is -2.25. The summed E-state index contributed by atoms with van der Waals surface area (Å²) in [4.78, 5) is 13.1. The quantitative estimate of drug-likeness (QED) is 0.827. The SMILES string of the molecule is CCN(Cc1ccccc1CN)c1ccc(C(N)=O)nn1. The molecule has 2 aromatic rings. The molecule has 1 amide bonds. The Labute approximate surface area is 123 Å². The van der Waals surface area contributed by atoms with Crippen LogP contribution in [0.2, 0.25) is 0 Å². The van der Waals surface area contributed by atoms with Crippen molar-refractivity contribution in [2.45, 2.75) is 20.0 Å². The van der Waals surface area contributed by atoms with Gasteiger partial charge in [-0.1, -0.05) is 24.3 Å². The summed E-state index contributed by atoms with van der Waals surface area (Å²) < 4.78 is 0. The molecule has 0 spiro atoms. The molecule has 1 heterocycles. The summed E-state index contributed by atoms with van der Waals surface area (Å²) in [5, 5.41) is 7.91. The smallest absolute Gasteiger partial charge is 0.269 e. The van der Waals surface area contributed by atoms with E-state index in [1.165, 1.54) is 0 Å². The normalized spacial score (nSPS) is 10.4. The third-order valence-corrected chi connectivity index (χ3v) is 3.31. The second-order valence-electron chi connectivity index (χ2n) is 4.63. The van der Waals surface area contributed by atoms with E-state index in [0.717, 1.165) is 17.7 Å². The number of nitrogens with zero attached hydrogens (tertiary/aromatic N) is 3. The Balaban J connectivity index is 2.21. The van der Waals surface area contributed by atoms with Gasteiger partial charge in [0.25, 0.3) is 5.91 Å². The third-order valence-electron chi connectivity index (χ3n) is 3.31. The van der Waals surface area contributed by atoms with Crippen molar-refractivity contribution in [2.75, 3.05) is 11.4 Å². The van der Waals surface area contributed by atoms with Gasteiger partial charge in [0.15, 0.2) is 11.5 Å². The van der Waals surface area contributed by atoms with Crippen molar-refractivity contribution in [3.05, 3.63) is 53.2 Å². The molecule has 0 aliphatic carbocycles. The Bertz CT molecular complexity index is 612. The molecule has 0 aliphatic heterocycles. The van der Waals surface area contributed by atoms with Gasteiger partial charge in [0, 0.05) is 19.6 Å².